The van der Waals surface area contributed by atoms with Gasteiger partial charge >= 0.3 is 0 Å². The van der Waals surface area contributed by atoms with Crippen molar-refractivity contribution in [3.05, 3.63) is 36.0 Å². The molecule has 2 aromatic rings. The number of hydrogen-bond acceptors (Lipinski definition) is 5. The average molecular weight is 271 g/mol. The molecule has 0 aliphatic rings. The van der Waals surface area contributed by atoms with Crippen molar-refractivity contribution in [1.82, 2.24) is 9.97 Å². The number of para-hydroxylation sites is 1. The van der Waals surface area contributed by atoms with E-state index in [-0.39, 0.29) is 0 Å². The Morgan fingerprint density at radius 1 is 1.25 bits per heavy atom. The van der Waals surface area contributed by atoms with Crippen molar-refractivity contribution in [1.29, 1.82) is 0 Å². The number of carbonyl (C=O) groups excluding carboxylic acids is 1. The quantitative estimate of drug-likeness (QED) is 0.909. The topological polar surface area (TPSA) is 81.2 Å². The predicted octanol–water partition coefficient (Wildman–Crippen LogP) is 1.27. The van der Waals surface area contributed by atoms with Crippen molar-refractivity contribution in [3.63, 3.8) is 0 Å². The number of aryl methyl sites for hydroxylation is 1. The lowest BCUT2D eigenvalue weighted by Gasteiger charge is -2.15. The summed E-state index contributed by atoms with van der Waals surface area (Å²) in [5.41, 5.74) is 1.83. The number of hydrogen-bond donors (Lipinski definition) is 1. The Balaban J connectivity index is 2.53. The van der Waals surface area contributed by atoms with Gasteiger partial charge in [-0.2, -0.15) is 0 Å². The van der Waals surface area contributed by atoms with Gasteiger partial charge in [0.1, 0.15) is 11.9 Å². The number of nitrogens with one attached hydrogen (secondary N) is 1. The molecule has 0 radical (unpaired) electrons. The molecule has 6 nitrogen and oxygen atoms in total. The molecule has 1 amide bonds. The second kappa shape index (κ2) is 5.56. The molecule has 6 heteroatoms. The third-order valence-corrected chi connectivity index (χ3v) is 2.70. The van der Waals surface area contributed by atoms with Crippen LogP contribution in [0.25, 0.3) is 11.4 Å². The maximum absolute atomic E-state index is 10.7. The second-order valence-corrected chi connectivity index (χ2v) is 4.54. The van der Waals surface area contributed by atoms with Gasteiger partial charge in [0.2, 0.25) is 0 Å². The predicted molar refractivity (Wildman–Crippen MR) is 75.6 cm³/mol. The van der Waals surface area contributed by atoms with Crippen LogP contribution in [0.3, 0.4) is 0 Å². The van der Waals surface area contributed by atoms with E-state index in [1.54, 1.807) is 24.3 Å². The van der Waals surface area contributed by atoms with Gasteiger partial charge in [-0.15, -0.1) is 0 Å². The van der Waals surface area contributed by atoms with Gasteiger partial charge in [0.25, 0.3) is 0 Å². The molecule has 0 fully saturated rings. The molecule has 0 saturated carbocycles. The number of benzene rings is 1. The third kappa shape index (κ3) is 3.03. The normalized spacial score (nSPS) is 10.2. The smallest absolute Gasteiger partial charge is 0.163 e. The summed E-state index contributed by atoms with van der Waals surface area (Å²) in [5.74, 6) is 1.23. The minimum absolute atomic E-state index is 0.405. The fourth-order valence-electron chi connectivity index (χ4n) is 1.80. The molecular formula is C14H15N4O2-. The molecule has 0 aliphatic heterocycles. The number of rotatable bonds is 3. The van der Waals surface area contributed by atoms with Crippen molar-refractivity contribution in [2.45, 2.75) is 6.92 Å². The zero-order valence-electron chi connectivity index (χ0n) is 11.5. The second-order valence-electron chi connectivity index (χ2n) is 4.54. The summed E-state index contributed by atoms with van der Waals surface area (Å²) < 4.78 is 0. The first-order valence-corrected chi connectivity index (χ1v) is 6.08. The molecule has 20 heavy (non-hydrogen) atoms. The van der Waals surface area contributed by atoms with E-state index in [0.717, 1.165) is 11.5 Å². The maximum Gasteiger partial charge on any atom is 0.163 e. The van der Waals surface area contributed by atoms with E-state index < -0.39 is 6.09 Å². The van der Waals surface area contributed by atoms with Crippen LogP contribution in [0.4, 0.5) is 16.3 Å². The van der Waals surface area contributed by atoms with Crippen molar-refractivity contribution in [2.24, 2.45) is 0 Å². The molecule has 2 rings (SSSR count). The maximum atomic E-state index is 10.7. The SMILES string of the molecule is Cc1cc(N(C)C)nc(-c2ccccc2NC(=O)[O-])n1. The van der Waals surface area contributed by atoms with E-state index in [0.29, 0.717) is 17.1 Å². The highest BCUT2D eigenvalue weighted by Crippen LogP contribution is 2.26. The lowest BCUT2D eigenvalue weighted by Crippen LogP contribution is -2.29. The molecule has 1 N–H and O–H groups in total. The first-order chi connectivity index (χ1) is 9.47. The summed E-state index contributed by atoms with van der Waals surface area (Å²) in [7, 11) is 3.77. The van der Waals surface area contributed by atoms with Gasteiger partial charge in [0.05, 0.1) is 5.69 Å². The van der Waals surface area contributed by atoms with E-state index in [9.17, 15) is 9.90 Å². The van der Waals surface area contributed by atoms with E-state index >= 15 is 0 Å². The average Bonchev–Trinajstić information content (AvgIpc) is 2.37. The fraction of sp³-hybridized carbons (Fsp3) is 0.214. The van der Waals surface area contributed by atoms with E-state index in [4.69, 9.17) is 0 Å². The molecule has 1 aromatic heterocycles. The highest BCUT2D eigenvalue weighted by molar-refractivity contribution is 5.88. The highest BCUT2D eigenvalue weighted by atomic mass is 16.4. The first kappa shape index (κ1) is 13.8. The summed E-state index contributed by atoms with van der Waals surface area (Å²) in [5, 5.41) is 13.0. The number of anilines is 2. The van der Waals surface area contributed by atoms with Crippen molar-refractivity contribution in [2.75, 3.05) is 24.3 Å². The summed E-state index contributed by atoms with van der Waals surface area (Å²) in [6, 6.07) is 8.80. The minimum atomic E-state index is -1.36. The summed E-state index contributed by atoms with van der Waals surface area (Å²) in [6.07, 6.45) is -1.36. The molecule has 0 saturated heterocycles. The molecule has 0 atom stereocenters. The highest BCUT2D eigenvalue weighted by Gasteiger charge is 2.10. The van der Waals surface area contributed by atoms with Crippen LogP contribution in [0.2, 0.25) is 0 Å². The molecule has 1 aromatic carbocycles. The van der Waals surface area contributed by atoms with E-state index in [1.165, 1.54) is 0 Å². The monoisotopic (exact) mass is 271 g/mol. The number of amides is 1. The van der Waals surface area contributed by atoms with Crippen LogP contribution in [-0.2, 0) is 0 Å². The Hall–Kier alpha value is -2.63. The molecule has 0 bridgehead atoms. The van der Waals surface area contributed by atoms with Crippen LogP contribution < -0.4 is 15.3 Å². The summed E-state index contributed by atoms with van der Waals surface area (Å²) in [4.78, 5) is 21.4. The number of carbonyl (C=O) groups is 1. The summed E-state index contributed by atoms with van der Waals surface area (Å²) >= 11 is 0. The van der Waals surface area contributed by atoms with Gasteiger partial charge in [-0.3, -0.25) is 0 Å². The molecule has 0 aliphatic carbocycles. The largest absolute Gasteiger partial charge is 0.530 e. The Morgan fingerprint density at radius 3 is 2.60 bits per heavy atom. The number of aromatic nitrogens is 2. The molecular weight excluding hydrogens is 256 g/mol. The van der Waals surface area contributed by atoms with Crippen molar-refractivity contribution >= 4 is 17.6 Å². The van der Waals surface area contributed by atoms with Crippen LogP contribution in [0, 0.1) is 6.92 Å². The first-order valence-electron chi connectivity index (χ1n) is 6.08. The Morgan fingerprint density at radius 2 is 1.95 bits per heavy atom. The van der Waals surface area contributed by atoms with E-state index in [2.05, 4.69) is 15.3 Å². The lowest BCUT2D eigenvalue weighted by molar-refractivity contribution is -0.242. The zero-order chi connectivity index (χ0) is 14.7. The van der Waals surface area contributed by atoms with Crippen LogP contribution in [0.1, 0.15) is 5.69 Å². The Labute approximate surface area is 117 Å². The van der Waals surface area contributed by atoms with Crippen LogP contribution >= 0.6 is 0 Å². The minimum Gasteiger partial charge on any atom is -0.530 e. The molecule has 0 spiro atoms. The standard InChI is InChI=1S/C14H16N4O2/c1-9-8-12(18(2)3)17-13(15-9)10-6-4-5-7-11(10)16-14(19)20/h4-8,16H,1-3H3,(H,19,20)/p-1. The number of nitrogens with zero attached hydrogens (tertiary/aromatic N) is 3. The van der Waals surface area contributed by atoms with Gasteiger partial charge in [0, 0.05) is 31.4 Å². The van der Waals surface area contributed by atoms with Crippen LogP contribution in [0.15, 0.2) is 30.3 Å². The summed E-state index contributed by atoms with van der Waals surface area (Å²) in [6.45, 7) is 1.87. The van der Waals surface area contributed by atoms with Gasteiger partial charge < -0.3 is 20.1 Å². The van der Waals surface area contributed by atoms with Gasteiger partial charge in [-0.1, -0.05) is 12.1 Å². The Kier molecular flexibility index (Phi) is 3.84. The van der Waals surface area contributed by atoms with E-state index in [1.807, 2.05) is 32.0 Å². The molecule has 104 valence electrons. The molecule has 1 heterocycles. The van der Waals surface area contributed by atoms with Gasteiger partial charge in [-0.25, -0.2) is 9.97 Å². The zero-order valence-corrected chi connectivity index (χ0v) is 11.5. The molecule has 0 unspecified atom stereocenters. The Bertz CT molecular complexity index is 641. The lowest BCUT2D eigenvalue weighted by atomic mass is 10.1. The van der Waals surface area contributed by atoms with Crippen molar-refractivity contribution in [3.8, 4) is 11.4 Å². The third-order valence-electron chi connectivity index (χ3n) is 2.70. The van der Waals surface area contributed by atoms with Crippen LogP contribution in [-0.4, -0.2) is 30.2 Å². The number of carboxylic acid groups (broad SMARTS) is 1. The van der Waals surface area contributed by atoms with Gasteiger partial charge in [-0.05, 0) is 19.1 Å². The van der Waals surface area contributed by atoms with Crippen LogP contribution in [0.5, 0.6) is 0 Å². The fourth-order valence-corrected chi connectivity index (χ4v) is 1.80. The van der Waals surface area contributed by atoms with Crippen molar-refractivity contribution < 1.29 is 9.90 Å². The van der Waals surface area contributed by atoms with Gasteiger partial charge in [0.15, 0.2) is 5.82 Å².